The molecular formula is C7H9Cl5Si2. The molecule has 80 valence electrons. The fourth-order valence-corrected chi connectivity index (χ4v) is 2.33. The Morgan fingerprint density at radius 3 is 1.57 bits per heavy atom. The lowest BCUT2D eigenvalue weighted by atomic mass is 10.4. The molecular weight excluding hydrogens is 318 g/mol. The molecule has 0 aliphatic heterocycles. The van der Waals surface area contributed by atoms with Crippen molar-refractivity contribution in [3.8, 4) is 0 Å². The number of halogens is 5. The molecule has 0 nitrogen and oxygen atoms in total. The fraction of sp³-hybridized carbons (Fsp3) is 0.143. The predicted octanol–water partition coefficient (Wildman–Crippen LogP) is 3.86. The van der Waals surface area contributed by atoms with E-state index in [1.54, 1.807) is 0 Å². The van der Waals surface area contributed by atoms with E-state index in [-0.39, 0.29) is 0 Å². The van der Waals surface area contributed by atoms with Crippen molar-refractivity contribution in [3.05, 3.63) is 30.3 Å². The van der Waals surface area contributed by atoms with Gasteiger partial charge in [0.25, 0.3) is 0 Å². The molecule has 0 unspecified atom stereocenters. The van der Waals surface area contributed by atoms with Gasteiger partial charge in [0, 0.05) is 0 Å². The van der Waals surface area contributed by atoms with Crippen LogP contribution in [0.4, 0.5) is 0 Å². The van der Waals surface area contributed by atoms with Crippen molar-refractivity contribution < 1.29 is 0 Å². The van der Waals surface area contributed by atoms with Gasteiger partial charge in [0.1, 0.15) is 0 Å². The molecule has 1 rings (SSSR count). The van der Waals surface area contributed by atoms with Crippen LogP contribution in [-0.2, 0) is 0 Å². The van der Waals surface area contributed by atoms with Crippen LogP contribution < -0.4 is 5.19 Å². The van der Waals surface area contributed by atoms with Gasteiger partial charge in [-0.15, -0.1) is 33.2 Å². The van der Waals surface area contributed by atoms with Crippen molar-refractivity contribution in [1.82, 2.24) is 0 Å². The number of rotatable bonds is 1. The molecule has 0 N–H and O–H groups in total. The zero-order valence-corrected chi connectivity index (χ0v) is 13.3. The van der Waals surface area contributed by atoms with Gasteiger partial charge < -0.3 is 0 Å². The molecule has 0 saturated carbocycles. The zero-order chi connectivity index (χ0) is 11.2. The quantitative estimate of drug-likeness (QED) is 0.543. The first-order chi connectivity index (χ1) is 6.34. The Balaban J connectivity index is 0.000000364. The van der Waals surface area contributed by atoms with Gasteiger partial charge in [-0.25, -0.2) is 0 Å². The van der Waals surface area contributed by atoms with Crippen LogP contribution in [0.15, 0.2) is 30.3 Å². The molecule has 0 amide bonds. The monoisotopic (exact) mass is 324 g/mol. The maximum absolute atomic E-state index is 5.73. The van der Waals surface area contributed by atoms with Crippen molar-refractivity contribution in [2.75, 3.05) is 0 Å². The highest BCUT2D eigenvalue weighted by molar-refractivity contribution is 7.69. The zero-order valence-electron chi connectivity index (χ0n) is 7.35. The fourth-order valence-electron chi connectivity index (χ4n) is 0.627. The number of hydrogen-bond donors (Lipinski definition) is 0. The summed E-state index contributed by atoms with van der Waals surface area (Å²) in [6.07, 6.45) is 0. The average Bonchev–Trinajstić information content (AvgIpc) is 2.03. The van der Waals surface area contributed by atoms with Crippen LogP contribution in [0.1, 0.15) is 0 Å². The first-order valence-electron chi connectivity index (χ1n) is 3.74. The minimum Gasteiger partial charge on any atom is -0.151 e. The minimum absolute atomic E-state index is 0.833. The van der Waals surface area contributed by atoms with Crippen LogP contribution >= 0.6 is 55.4 Å². The van der Waals surface area contributed by atoms with Crippen molar-refractivity contribution in [3.63, 3.8) is 0 Å². The summed E-state index contributed by atoms with van der Waals surface area (Å²) in [4.78, 5) is 0. The third kappa shape index (κ3) is 8.42. The SMILES string of the molecule is C[SiH](Cl)Cl.Cl[Si](Cl)(Cl)c1ccccc1. The van der Waals surface area contributed by atoms with Gasteiger partial charge in [-0.3, -0.25) is 0 Å². The smallest absolute Gasteiger partial charge is 0.151 e. The van der Waals surface area contributed by atoms with E-state index in [0.717, 1.165) is 5.19 Å². The largest absolute Gasteiger partial charge is 0.372 e. The summed E-state index contributed by atoms with van der Waals surface area (Å²) in [5, 5.41) is 0.833. The molecule has 0 spiro atoms. The minimum atomic E-state index is -2.62. The van der Waals surface area contributed by atoms with Gasteiger partial charge in [-0.2, -0.15) is 22.2 Å². The van der Waals surface area contributed by atoms with Gasteiger partial charge in [0.2, 0.25) is 7.42 Å². The first-order valence-corrected chi connectivity index (χ1v) is 13.4. The van der Waals surface area contributed by atoms with E-state index in [2.05, 4.69) is 0 Å². The first kappa shape index (κ1) is 15.1. The lowest BCUT2D eigenvalue weighted by molar-refractivity contribution is 1.77. The molecule has 7 heteroatoms. The van der Waals surface area contributed by atoms with E-state index >= 15 is 0 Å². The van der Waals surface area contributed by atoms with Crippen molar-refractivity contribution in [2.24, 2.45) is 0 Å². The van der Waals surface area contributed by atoms with Gasteiger partial charge in [0.15, 0.2) is 0 Å². The third-order valence-electron chi connectivity index (χ3n) is 1.10. The summed E-state index contributed by atoms with van der Waals surface area (Å²) in [5.74, 6) is 0. The molecule has 0 heterocycles. The molecule has 1 aromatic carbocycles. The van der Waals surface area contributed by atoms with Crippen LogP contribution in [0.3, 0.4) is 0 Å². The van der Waals surface area contributed by atoms with Gasteiger partial charge in [-0.1, -0.05) is 30.3 Å². The molecule has 0 radical (unpaired) electrons. The second-order valence-electron chi connectivity index (χ2n) is 2.38. The number of hydrogen-bond acceptors (Lipinski definition) is 0. The van der Waals surface area contributed by atoms with Crippen LogP contribution in [0.2, 0.25) is 6.55 Å². The average molecular weight is 327 g/mol. The molecule has 1 aromatic rings. The van der Waals surface area contributed by atoms with Gasteiger partial charge >= 0.3 is 6.00 Å². The molecule has 0 bridgehead atoms. The van der Waals surface area contributed by atoms with Crippen LogP contribution in [-0.4, -0.2) is 13.4 Å². The second kappa shape index (κ2) is 7.39. The predicted molar refractivity (Wildman–Crippen MR) is 74.1 cm³/mol. The summed E-state index contributed by atoms with van der Waals surface area (Å²) < 4.78 is 0. The standard InChI is InChI=1S/C6H5Cl3Si.CH4Cl2Si/c7-10(8,9)6-4-2-1-3-5-6;1-4(2)3/h1-5H;4H,1H3. The Hall–Kier alpha value is 1.10. The molecule has 0 aliphatic carbocycles. The highest BCUT2D eigenvalue weighted by Crippen LogP contribution is 2.18. The van der Waals surface area contributed by atoms with Crippen molar-refractivity contribution in [1.29, 1.82) is 0 Å². The molecule has 0 atom stereocenters. The Labute approximate surface area is 110 Å². The van der Waals surface area contributed by atoms with E-state index in [4.69, 9.17) is 55.4 Å². The summed E-state index contributed by atoms with van der Waals surface area (Å²) in [6.45, 7) is 1.84. The molecule has 14 heavy (non-hydrogen) atoms. The van der Waals surface area contributed by atoms with E-state index < -0.39 is 13.4 Å². The maximum Gasteiger partial charge on any atom is 0.372 e. The second-order valence-corrected chi connectivity index (χ2v) is 16.4. The van der Waals surface area contributed by atoms with Gasteiger partial charge in [-0.05, 0) is 11.7 Å². The van der Waals surface area contributed by atoms with E-state index in [1.165, 1.54) is 0 Å². The Morgan fingerprint density at radius 2 is 1.36 bits per heavy atom. The van der Waals surface area contributed by atoms with Gasteiger partial charge in [0.05, 0.1) is 0 Å². The summed E-state index contributed by atoms with van der Waals surface area (Å²) >= 11 is 27.5. The Morgan fingerprint density at radius 1 is 1.00 bits per heavy atom. The van der Waals surface area contributed by atoms with Crippen LogP contribution in [0, 0.1) is 0 Å². The lowest BCUT2D eigenvalue weighted by Crippen LogP contribution is -2.29. The van der Waals surface area contributed by atoms with Crippen molar-refractivity contribution >= 4 is 74.0 Å². The van der Waals surface area contributed by atoms with E-state index in [9.17, 15) is 0 Å². The maximum atomic E-state index is 5.73. The van der Waals surface area contributed by atoms with Crippen LogP contribution in [0.5, 0.6) is 0 Å². The Bertz CT molecular complexity index is 243. The van der Waals surface area contributed by atoms with Crippen LogP contribution in [0.25, 0.3) is 0 Å². The molecule has 0 fully saturated rings. The topological polar surface area (TPSA) is 0 Å². The summed E-state index contributed by atoms with van der Waals surface area (Å²) in [6, 6.07) is 6.68. The normalized spacial score (nSPS) is 10.8. The van der Waals surface area contributed by atoms with E-state index in [0.29, 0.717) is 0 Å². The highest BCUT2D eigenvalue weighted by Gasteiger charge is 2.26. The van der Waals surface area contributed by atoms with Crippen molar-refractivity contribution in [2.45, 2.75) is 6.55 Å². The Kier molecular flexibility index (Phi) is 7.97. The third-order valence-corrected chi connectivity index (χ3v) is 4.05. The molecule has 0 saturated heterocycles. The summed E-state index contributed by atoms with van der Waals surface area (Å²) in [5.41, 5.74) is 0. The van der Waals surface area contributed by atoms with E-state index in [1.807, 2.05) is 36.9 Å². The molecule has 0 aromatic heterocycles. The number of benzene rings is 1. The molecule has 0 aliphatic rings. The highest BCUT2D eigenvalue weighted by atomic mass is 35.8. The summed E-state index contributed by atoms with van der Waals surface area (Å²) in [7, 11) is -1.19. The lowest BCUT2D eigenvalue weighted by Gasteiger charge is -2.05.